The van der Waals surface area contributed by atoms with Crippen LogP contribution in [0, 0.1) is 0 Å². The van der Waals surface area contributed by atoms with Crippen molar-refractivity contribution in [3.05, 3.63) is 59.4 Å². The van der Waals surface area contributed by atoms with Gasteiger partial charge in [-0.1, -0.05) is 6.07 Å². The molecule has 6 heteroatoms. The van der Waals surface area contributed by atoms with Crippen molar-refractivity contribution in [1.29, 1.82) is 0 Å². The summed E-state index contributed by atoms with van der Waals surface area (Å²) in [4.78, 5) is 20.6. The Morgan fingerprint density at radius 3 is 2.92 bits per heavy atom. The first kappa shape index (κ1) is 16.7. The summed E-state index contributed by atoms with van der Waals surface area (Å²) in [5.41, 5.74) is 8.68. The number of hydrogen-bond acceptors (Lipinski definition) is 6. The highest BCUT2D eigenvalue weighted by Gasteiger charge is 2.17. The highest BCUT2D eigenvalue weighted by atomic mass is 16.5. The predicted octanol–water partition coefficient (Wildman–Crippen LogP) is 3.00. The Bertz CT molecular complexity index is 829. The van der Waals surface area contributed by atoms with E-state index in [1.54, 1.807) is 19.2 Å². The van der Waals surface area contributed by atoms with Crippen LogP contribution in [0.15, 0.2) is 53.2 Å². The Hall–Kier alpha value is -3.15. The number of benzene rings is 1. The van der Waals surface area contributed by atoms with Crippen LogP contribution in [0.4, 0.5) is 5.69 Å². The first-order chi connectivity index (χ1) is 12.2. The Labute approximate surface area is 146 Å². The van der Waals surface area contributed by atoms with Crippen LogP contribution in [0.2, 0.25) is 0 Å². The third-order valence-electron chi connectivity index (χ3n) is 3.61. The van der Waals surface area contributed by atoms with E-state index >= 15 is 0 Å². The number of esters is 1. The molecule has 0 amide bonds. The van der Waals surface area contributed by atoms with Crippen LogP contribution in [-0.2, 0) is 16.1 Å². The first-order valence-electron chi connectivity index (χ1n) is 8.03. The molecule has 0 fully saturated rings. The summed E-state index contributed by atoms with van der Waals surface area (Å²) in [6.45, 7) is 2.44. The highest BCUT2D eigenvalue weighted by molar-refractivity contribution is 6.03. The molecule has 0 saturated heterocycles. The molecule has 0 bridgehead atoms. The molecule has 128 valence electrons. The minimum absolute atomic E-state index is 0.262. The number of nitrogens with zero attached hydrogens (tertiary/aromatic N) is 2. The van der Waals surface area contributed by atoms with Gasteiger partial charge in [0.15, 0.2) is 0 Å². The van der Waals surface area contributed by atoms with Gasteiger partial charge in [-0.15, -0.1) is 0 Å². The smallest absolute Gasteiger partial charge is 0.334 e. The van der Waals surface area contributed by atoms with Gasteiger partial charge in [-0.05, 0) is 43.3 Å². The van der Waals surface area contributed by atoms with Crippen molar-refractivity contribution in [2.75, 3.05) is 6.61 Å². The van der Waals surface area contributed by atoms with Crippen molar-refractivity contribution in [3.8, 4) is 5.75 Å². The van der Waals surface area contributed by atoms with E-state index in [1.165, 1.54) is 0 Å². The zero-order valence-corrected chi connectivity index (χ0v) is 13.9. The Morgan fingerprint density at radius 1 is 1.28 bits per heavy atom. The summed E-state index contributed by atoms with van der Waals surface area (Å²) in [5.74, 6) is 0.660. The van der Waals surface area contributed by atoms with E-state index in [4.69, 9.17) is 15.2 Å². The zero-order valence-electron chi connectivity index (χ0n) is 13.9. The number of ether oxygens (including phenoxy) is 2. The van der Waals surface area contributed by atoms with Crippen molar-refractivity contribution in [2.45, 2.75) is 20.0 Å². The molecule has 1 aliphatic heterocycles. The van der Waals surface area contributed by atoms with Crippen molar-refractivity contribution >= 4 is 23.6 Å². The second kappa shape index (κ2) is 7.61. The average molecular weight is 337 g/mol. The standard InChI is InChI=1S/C19H19N3O3/c1-2-24-19(23)14-9-13-10-16(6-7-17(13)22-18(20)11-14)25-12-15-5-3-4-8-21-15/h3-10H,2,11-12H2,1H3,(H2,20,22). The van der Waals surface area contributed by atoms with E-state index in [0.717, 1.165) is 11.3 Å². The summed E-state index contributed by atoms with van der Waals surface area (Å²) in [5, 5.41) is 0. The van der Waals surface area contributed by atoms with Crippen molar-refractivity contribution in [2.24, 2.45) is 10.7 Å². The number of aliphatic imine (C=N–C) groups is 1. The fraction of sp³-hybridized carbons (Fsp3) is 0.211. The predicted molar refractivity (Wildman–Crippen MR) is 95.5 cm³/mol. The van der Waals surface area contributed by atoms with E-state index < -0.39 is 0 Å². The summed E-state index contributed by atoms with van der Waals surface area (Å²) in [6.07, 6.45) is 3.74. The number of amidine groups is 1. The molecule has 0 saturated carbocycles. The molecule has 25 heavy (non-hydrogen) atoms. The molecule has 1 aliphatic rings. The lowest BCUT2D eigenvalue weighted by Crippen LogP contribution is -2.16. The molecule has 0 aliphatic carbocycles. The normalized spacial score (nSPS) is 13.2. The number of rotatable bonds is 5. The number of fused-ring (bicyclic) bond motifs is 1. The summed E-state index contributed by atoms with van der Waals surface area (Å²) >= 11 is 0. The lowest BCUT2D eigenvalue weighted by molar-refractivity contribution is -0.138. The third kappa shape index (κ3) is 4.23. The van der Waals surface area contributed by atoms with Crippen LogP contribution in [0.5, 0.6) is 5.75 Å². The molecule has 2 N–H and O–H groups in total. The van der Waals surface area contributed by atoms with Gasteiger partial charge in [-0.2, -0.15) is 0 Å². The molecule has 2 aromatic rings. The van der Waals surface area contributed by atoms with Crippen LogP contribution in [0.25, 0.3) is 6.08 Å². The van der Waals surface area contributed by atoms with Crippen LogP contribution in [0.3, 0.4) is 0 Å². The van der Waals surface area contributed by atoms with Crippen LogP contribution >= 0.6 is 0 Å². The highest BCUT2D eigenvalue weighted by Crippen LogP contribution is 2.30. The van der Waals surface area contributed by atoms with Gasteiger partial charge in [0, 0.05) is 23.8 Å². The second-order valence-electron chi connectivity index (χ2n) is 5.50. The van der Waals surface area contributed by atoms with E-state index in [1.807, 2.05) is 36.4 Å². The van der Waals surface area contributed by atoms with E-state index in [9.17, 15) is 4.79 Å². The van der Waals surface area contributed by atoms with Crippen molar-refractivity contribution < 1.29 is 14.3 Å². The third-order valence-corrected chi connectivity index (χ3v) is 3.61. The molecule has 3 rings (SSSR count). The van der Waals surface area contributed by atoms with Gasteiger partial charge in [-0.3, -0.25) is 4.98 Å². The van der Waals surface area contributed by atoms with Crippen LogP contribution in [-0.4, -0.2) is 23.4 Å². The van der Waals surface area contributed by atoms with Crippen molar-refractivity contribution in [3.63, 3.8) is 0 Å². The molecule has 0 radical (unpaired) electrons. The molecular formula is C19H19N3O3. The number of nitrogens with two attached hydrogens (primary N) is 1. The van der Waals surface area contributed by atoms with Gasteiger partial charge in [0.05, 0.1) is 18.0 Å². The molecule has 1 aromatic carbocycles. The first-order valence-corrected chi connectivity index (χ1v) is 8.03. The lowest BCUT2D eigenvalue weighted by Gasteiger charge is -2.08. The number of aromatic nitrogens is 1. The monoisotopic (exact) mass is 337 g/mol. The summed E-state index contributed by atoms with van der Waals surface area (Å²) in [7, 11) is 0. The molecule has 0 spiro atoms. The Balaban J connectivity index is 1.84. The van der Waals surface area contributed by atoms with Gasteiger partial charge >= 0.3 is 5.97 Å². The number of hydrogen-bond donors (Lipinski definition) is 1. The summed E-state index contributed by atoms with van der Waals surface area (Å²) in [6, 6.07) is 11.1. The molecule has 0 atom stereocenters. The molecule has 6 nitrogen and oxygen atoms in total. The second-order valence-corrected chi connectivity index (χ2v) is 5.50. The number of pyridine rings is 1. The maximum atomic E-state index is 12.1. The molecule has 1 aromatic heterocycles. The minimum Gasteiger partial charge on any atom is -0.487 e. The fourth-order valence-electron chi connectivity index (χ4n) is 2.46. The number of carbonyl (C=O) groups excluding carboxylic acids is 1. The van der Waals surface area contributed by atoms with Gasteiger partial charge in [0.1, 0.15) is 18.2 Å². The Morgan fingerprint density at radius 2 is 2.16 bits per heavy atom. The average Bonchev–Trinajstić information content (AvgIpc) is 2.78. The quantitative estimate of drug-likeness (QED) is 0.848. The van der Waals surface area contributed by atoms with E-state index in [2.05, 4.69) is 9.98 Å². The maximum Gasteiger partial charge on any atom is 0.334 e. The minimum atomic E-state index is -0.381. The number of carbonyl (C=O) groups is 1. The zero-order chi connectivity index (χ0) is 17.6. The van der Waals surface area contributed by atoms with E-state index in [0.29, 0.717) is 36.1 Å². The fourth-order valence-corrected chi connectivity index (χ4v) is 2.46. The van der Waals surface area contributed by atoms with Crippen LogP contribution in [0.1, 0.15) is 24.6 Å². The molecular weight excluding hydrogens is 318 g/mol. The van der Waals surface area contributed by atoms with Gasteiger partial charge < -0.3 is 15.2 Å². The van der Waals surface area contributed by atoms with Gasteiger partial charge in [-0.25, -0.2) is 9.79 Å². The topological polar surface area (TPSA) is 86.8 Å². The van der Waals surface area contributed by atoms with Crippen LogP contribution < -0.4 is 10.5 Å². The SMILES string of the molecule is CCOC(=O)C1=Cc2cc(OCc3ccccn3)ccc2N=C(N)C1. The van der Waals surface area contributed by atoms with Crippen molar-refractivity contribution in [1.82, 2.24) is 4.98 Å². The Kier molecular flexibility index (Phi) is 5.09. The molecule has 0 unspecified atom stereocenters. The van der Waals surface area contributed by atoms with Gasteiger partial charge in [0.25, 0.3) is 0 Å². The van der Waals surface area contributed by atoms with Gasteiger partial charge in [0.2, 0.25) is 0 Å². The molecule has 2 heterocycles. The lowest BCUT2D eigenvalue weighted by atomic mass is 10.1. The largest absolute Gasteiger partial charge is 0.487 e. The van der Waals surface area contributed by atoms with E-state index in [-0.39, 0.29) is 12.4 Å². The summed E-state index contributed by atoms with van der Waals surface area (Å²) < 4.78 is 10.9. The maximum absolute atomic E-state index is 12.1.